The minimum Gasteiger partial charge on any atom is -0.479 e. The first kappa shape index (κ1) is 16.3. The van der Waals surface area contributed by atoms with Crippen LogP contribution in [0, 0.1) is 0 Å². The SMILES string of the molecule is CN(Cc1cc(Br)cs1)C(=O)NCC1CCC(C(=O)O)O1. The zero-order valence-electron chi connectivity index (χ0n) is 11.5. The van der Waals surface area contributed by atoms with Crippen molar-refractivity contribution in [3.8, 4) is 0 Å². The molecule has 8 heteroatoms. The third-order valence-corrected chi connectivity index (χ3v) is 4.91. The molecule has 2 amide bonds. The summed E-state index contributed by atoms with van der Waals surface area (Å²) in [5.41, 5.74) is 0. The van der Waals surface area contributed by atoms with Crippen LogP contribution in [0.15, 0.2) is 15.9 Å². The van der Waals surface area contributed by atoms with Gasteiger partial charge >= 0.3 is 12.0 Å². The number of carboxylic acids is 1. The molecule has 0 bridgehead atoms. The van der Waals surface area contributed by atoms with Crippen LogP contribution in [0.1, 0.15) is 17.7 Å². The Labute approximate surface area is 135 Å². The number of thiophene rings is 1. The van der Waals surface area contributed by atoms with Gasteiger partial charge in [0.1, 0.15) is 0 Å². The first-order valence-electron chi connectivity index (χ1n) is 6.56. The van der Waals surface area contributed by atoms with Crippen molar-refractivity contribution in [3.63, 3.8) is 0 Å². The molecular weight excluding hydrogens is 360 g/mol. The fourth-order valence-electron chi connectivity index (χ4n) is 2.12. The maximum Gasteiger partial charge on any atom is 0.332 e. The maximum atomic E-state index is 12.0. The minimum atomic E-state index is -0.941. The summed E-state index contributed by atoms with van der Waals surface area (Å²) in [4.78, 5) is 25.4. The minimum absolute atomic E-state index is 0.193. The van der Waals surface area contributed by atoms with E-state index in [0.717, 1.165) is 9.35 Å². The quantitative estimate of drug-likeness (QED) is 0.825. The molecule has 0 aromatic carbocycles. The molecule has 0 aliphatic carbocycles. The largest absolute Gasteiger partial charge is 0.479 e. The summed E-state index contributed by atoms with van der Waals surface area (Å²) in [7, 11) is 1.72. The zero-order chi connectivity index (χ0) is 15.4. The van der Waals surface area contributed by atoms with Crippen LogP contribution in [-0.2, 0) is 16.1 Å². The molecule has 2 rings (SSSR count). The number of carbonyl (C=O) groups is 2. The number of urea groups is 1. The lowest BCUT2D eigenvalue weighted by Crippen LogP contribution is -2.40. The molecule has 0 radical (unpaired) electrons. The molecular formula is C13H17BrN2O4S. The molecule has 1 aromatic rings. The molecule has 6 nitrogen and oxygen atoms in total. The molecule has 1 fully saturated rings. The van der Waals surface area contributed by atoms with E-state index in [1.807, 2.05) is 11.4 Å². The third kappa shape index (κ3) is 4.69. The molecule has 1 aliphatic rings. The Bertz CT molecular complexity index is 522. The molecule has 0 spiro atoms. The van der Waals surface area contributed by atoms with Crippen molar-refractivity contribution >= 4 is 39.3 Å². The lowest BCUT2D eigenvalue weighted by atomic mass is 10.2. The molecule has 1 saturated heterocycles. The molecule has 0 saturated carbocycles. The van der Waals surface area contributed by atoms with E-state index in [1.54, 1.807) is 23.3 Å². The number of rotatable bonds is 5. The van der Waals surface area contributed by atoms with Crippen molar-refractivity contribution in [1.29, 1.82) is 0 Å². The van der Waals surface area contributed by atoms with E-state index in [4.69, 9.17) is 9.84 Å². The standard InChI is InChI=1S/C13H17BrN2O4S/c1-16(6-10-4-8(14)7-21-10)13(19)15-5-9-2-3-11(20-9)12(17)18/h4,7,9,11H,2-3,5-6H2,1H3,(H,15,19)(H,17,18). The Hall–Kier alpha value is -1.12. The Kier molecular flexibility index (Phi) is 5.60. The van der Waals surface area contributed by atoms with Gasteiger partial charge in [-0.25, -0.2) is 9.59 Å². The van der Waals surface area contributed by atoms with Crippen LogP contribution in [0.3, 0.4) is 0 Å². The monoisotopic (exact) mass is 376 g/mol. The number of hydrogen-bond donors (Lipinski definition) is 2. The number of nitrogens with one attached hydrogen (secondary N) is 1. The molecule has 1 aromatic heterocycles. The van der Waals surface area contributed by atoms with Crippen LogP contribution in [0.5, 0.6) is 0 Å². The fraction of sp³-hybridized carbons (Fsp3) is 0.538. The normalized spacial score (nSPS) is 21.2. The highest BCUT2D eigenvalue weighted by atomic mass is 79.9. The predicted molar refractivity (Wildman–Crippen MR) is 82.4 cm³/mol. The summed E-state index contributed by atoms with van der Waals surface area (Å²) >= 11 is 4.96. The average molecular weight is 377 g/mol. The number of amides is 2. The van der Waals surface area contributed by atoms with E-state index in [-0.39, 0.29) is 12.1 Å². The van der Waals surface area contributed by atoms with Crippen LogP contribution in [0.25, 0.3) is 0 Å². The highest BCUT2D eigenvalue weighted by Crippen LogP contribution is 2.21. The predicted octanol–water partition coefficient (Wildman–Crippen LogP) is 2.28. The Morgan fingerprint density at radius 2 is 2.33 bits per heavy atom. The van der Waals surface area contributed by atoms with Gasteiger partial charge in [-0.2, -0.15) is 0 Å². The highest BCUT2D eigenvalue weighted by Gasteiger charge is 2.30. The second kappa shape index (κ2) is 7.24. The van der Waals surface area contributed by atoms with Gasteiger partial charge in [0.05, 0.1) is 12.6 Å². The summed E-state index contributed by atoms with van der Waals surface area (Å²) in [5.74, 6) is -0.941. The smallest absolute Gasteiger partial charge is 0.332 e. The van der Waals surface area contributed by atoms with Crippen LogP contribution >= 0.6 is 27.3 Å². The van der Waals surface area contributed by atoms with E-state index >= 15 is 0 Å². The first-order chi connectivity index (χ1) is 9.95. The van der Waals surface area contributed by atoms with Crippen molar-refractivity contribution in [2.45, 2.75) is 31.6 Å². The number of halogens is 1. The van der Waals surface area contributed by atoms with Crippen molar-refractivity contribution in [3.05, 3.63) is 20.8 Å². The summed E-state index contributed by atoms with van der Waals surface area (Å²) in [6.45, 7) is 0.868. The number of nitrogens with zero attached hydrogens (tertiary/aromatic N) is 1. The third-order valence-electron chi connectivity index (χ3n) is 3.23. The molecule has 116 valence electrons. The Morgan fingerprint density at radius 3 is 2.90 bits per heavy atom. The number of carbonyl (C=O) groups excluding carboxylic acids is 1. The van der Waals surface area contributed by atoms with Crippen LogP contribution in [0.4, 0.5) is 4.79 Å². The van der Waals surface area contributed by atoms with Crippen molar-refractivity contribution in [2.24, 2.45) is 0 Å². The molecule has 2 N–H and O–H groups in total. The summed E-state index contributed by atoms with van der Waals surface area (Å²) in [6, 6.07) is 1.79. The van der Waals surface area contributed by atoms with Gasteiger partial charge in [0.15, 0.2) is 6.10 Å². The summed E-state index contributed by atoms with van der Waals surface area (Å²) < 4.78 is 6.35. The van der Waals surface area contributed by atoms with Gasteiger partial charge in [-0.3, -0.25) is 0 Å². The fourth-order valence-corrected chi connectivity index (χ4v) is 3.62. The Morgan fingerprint density at radius 1 is 1.57 bits per heavy atom. The molecule has 2 atom stereocenters. The van der Waals surface area contributed by atoms with Crippen LogP contribution in [0.2, 0.25) is 0 Å². The molecule has 2 heterocycles. The summed E-state index contributed by atoms with van der Waals surface area (Å²) in [6.07, 6.45) is 0.181. The zero-order valence-corrected chi connectivity index (χ0v) is 13.9. The molecule has 2 unspecified atom stereocenters. The molecule has 21 heavy (non-hydrogen) atoms. The van der Waals surface area contributed by atoms with Gasteiger partial charge in [-0.1, -0.05) is 0 Å². The van der Waals surface area contributed by atoms with Gasteiger partial charge in [-0.05, 0) is 34.8 Å². The van der Waals surface area contributed by atoms with E-state index in [9.17, 15) is 9.59 Å². The topological polar surface area (TPSA) is 78.9 Å². The lowest BCUT2D eigenvalue weighted by Gasteiger charge is -2.19. The van der Waals surface area contributed by atoms with Gasteiger partial charge in [0, 0.05) is 28.3 Å². The van der Waals surface area contributed by atoms with Crippen LogP contribution < -0.4 is 5.32 Å². The number of ether oxygens (including phenoxy) is 1. The summed E-state index contributed by atoms with van der Waals surface area (Å²) in [5, 5.41) is 13.6. The Balaban J connectivity index is 1.73. The van der Waals surface area contributed by atoms with E-state index < -0.39 is 12.1 Å². The van der Waals surface area contributed by atoms with Gasteiger partial charge in [0.2, 0.25) is 0 Å². The van der Waals surface area contributed by atoms with Gasteiger partial charge in [0.25, 0.3) is 0 Å². The lowest BCUT2D eigenvalue weighted by molar-refractivity contribution is -0.149. The van der Waals surface area contributed by atoms with E-state index in [0.29, 0.717) is 25.9 Å². The van der Waals surface area contributed by atoms with Gasteiger partial charge in [-0.15, -0.1) is 11.3 Å². The maximum absolute atomic E-state index is 12.0. The second-order valence-corrected chi connectivity index (χ2v) is 6.85. The van der Waals surface area contributed by atoms with Gasteiger partial charge < -0.3 is 20.1 Å². The van der Waals surface area contributed by atoms with E-state index in [1.165, 1.54) is 0 Å². The van der Waals surface area contributed by atoms with Crippen molar-refractivity contribution < 1.29 is 19.4 Å². The first-order valence-corrected chi connectivity index (χ1v) is 8.23. The number of hydrogen-bond acceptors (Lipinski definition) is 4. The van der Waals surface area contributed by atoms with Crippen molar-refractivity contribution in [1.82, 2.24) is 10.2 Å². The number of aliphatic carboxylic acids is 1. The van der Waals surface area contributed by atoms with Crippen molar-refractivity contribution in [2.75, 3.05) is 13.6 Å². The second-order valence-electron chi connectivity index (χ2n) is 4.94. The number of carboxylic acid groups (broad SMARTS) is 1. The highest BCUT2D eigenvalue weighted by molar-refractivity contribution is 9.10. The van der Waals surface area contributed by atoms with Crippen LogP contribution in [-0.4, -0.2) is 47.8 Å². The average Bonchev–Trinajstić information content (AvgIpc) is 3.05. The molecule has 1 aliphatic heterocycles. The van der Waals surface area contributed by atoms with E-state index in [2.05, 4.69) is 21.2 Å².